The minimum atomic E-state index is -0.674. The van der Waals surface area contributed by atoms with E-state index in [0.29, 0.717) is 5.75 Å². The van der Waals surface area contributed by atoms with Gasteiger partial charge in [-0.1, -0.05) is 18.2 Å². The van der Waals surface area contributed by atoms with E-state index in [4.69, 9.17) is 4.74 Å². The number of benzene rings is 1. The van der Waals surface area contributed by atoms with Crippen molar-refractivity contribution in [1.29, 1.82) is 0 Å². The molecule has 1 unspecified atom stereocenters. The third-order valence-corrected chi connectivity index (χ3v) is 3.23. The van der Waals surface area contributed by atoms with Crippen LogP contribution in [0, 0.1) is 13.8 Å². The summed E-state index contributed by atoms with van der Waals surface area (Å²) in [6, 6.07) is 7.73. The SMILES string of the molecule is COc1cncc(C(O)c2cccc(C)c2C)c1. The van der Waals surface area contributed by atoms with Gasteiger partial charge in [0.1, 0.15) is 11.9 Å². The second-order valence-electron chi connectivity index (χ2n) is 4.35. The summed E-state index contributed by atoms with van der Waals surface area (Å²) in [6.07, 6.45) is 2.61. The molecule has 0 aliphatic carbocycles. The highest BCUT2D eigenvalue weighted by atomic mass is 16.5. The van der Waals surface area contributed by atoms with Gasteiger partial charge in [0.25, 0.3) is 0 Å². The highest BCUT2D eigenvalue weighted by molar-refractivity contribution is 5.40. The van der Waals surface area contributed by atoms with Gasteiger partial charge in [-0.25, -0.2) is 0 Å². The van der Waals surface area contributed by atoms with E-state index >= 15 is 0 Å². The Bertz CT molecular complexity index is 552. The molecule has 18 heavy (non-hydrogen) atoms. The predicted molar refractivity (Wildman–Crippen MR) is 70.8 cm³/mol. The van der Waals surface area contributed by atoms with Crippen LogP contribution in [-0.4, -0.2) is 17.2 Å². The zero-order valence-corrected chi connectivity index (χ0v) is 10.8. The summed E-state index contributed by atoms with van der Waals surface area (Å²) in [5, 5.41) is 10.4. The van der Waals surface area contributed by atoms with Gasteiger partial charge in [-0.05, 0) is 36.6 Å². The van der Waals surface area contributed by atoms with Gasteiger partial charge < -0.3 is 9.84 Å². The minimum Gasteiger partial charge on any atom is -0.495 e. The van der Waals surface area contributed by atoms with Gasteiger partial charge in [-0.15, -0.1) is 0 Å². The van der Waals surface area contributed by atoms with E-state index in [-0.39, 0.29) is 0 Å². The van der Waals surface area contributed by atoms with Crippen molar-refractivity contribution >= 4 is 0 Å². The second kappa shape index (κ2) is 5.19. The standard InChI is InChI=1S/C15H17NO2/c1-10-5-4-6-14(11(10)2)15(17)12-7-13(18-3)9-16-8-12/h4-9,15,17H,1-3H3. The smallest absolute Gasteiger partial charge is 0.137 e. The van der Waals surface area contributed by atoms with Crippen molar-refractivity contribution < 1.29 is 9.84 Å². The van der Waals surface area contributed by atoms with Crippen LogP contribution in [0.3, 0.4) is 0 Å². The van der Waals surface area contributed by atoms with Crippen molar-refractivity contribution in [3.63, 3.8) is 0 Å². The molecule has 2 aromatic rings. The van der Waals surface area contributed by atoms with Gasteiger partial charge in [0.15, 0.2) is 0 Å². The maximum Gasteiger partial charge on any atom is 0.137 e. The number of pyridine rings is 1. The van der Waals surface area contributed by atoms with Crippen LogP contribution in [0.5, 0.6) is 5.75 Å². The lowest BCUT2D eigenvalue weighted by Gasteiger charge is -2.15. The summed E-state index contributed by atoms with van der Waals surface area (Å²) in [6.45, 7) is 4.05. The molecule has 0 radical (unpaired) electrons. The van der Waals surface area contributed by atoms with Crippen molar-refractivity contribution in [2.75, 3.05) is 7.11 Å². The van der Waals surface area contributed by atoms with Crippen LogP contribution in [0.25, 0.3) is 0 Å². The first-order chi connectivity index (χ1) is 8.63. The van der Waals surface area contributed by atoms with Crippen LogP contribution in [0.2, 0.25) is 0 Å². The molecule has 0 amide bonds. The number of rotatable bonds is 3. The normalized spacial score (nSPS) is 12.2. The Morgan fingerprint density at radius 1 is 1.22 bits per heavy atom. The van der Waals surface area contributed by atoms with Gasteiger partial charge in [-0.2, -0.15) is 0 Å². The molecule has 3 heteroatoms. The predicted octanol–water partition coefficient (Wildman–Crippen LogP) is 2.79. The molecular formula is C15H17NO2. The Balaban J connectivity index is 2.41. The number of hydrogen-bond donors (Lipinski definition) is 1. The van der Waals surface area contributed by atoms with Crippen molar-refractivity contribution in [3.8, 4) is 5.75 Å². The molecule has 0 bridgehead atoms. The average Bonchev–Trinajstić information content (AvgIpc) is 2.41. The Labute approximate surface area is 107 Å². The van der Waals surface area contributed by atoms with E-state index in [9.17, 15) is 5.11 Å². The topological polar surface area (TPSA) is 42.4 Å². The maximum atomic E-state index is 10.4. The lowest BCUT2D eigenvalue weighted by atomic mass is 9.95. The Hall–Kier alpha value is -1.87. The highest BCUT2D eigenvalue weighted by Crippen LogP contribution is 2.27. The Morgan fingerprint density at radius 3 is 2.72 bits per heavy atom. The molecule has 1 N–H and O–H groups in total. The first-order valence-corrected chi connectivity index (χ1v) is 5.86. The molecule has 0 spiro atoms. The van der Waals surface area contributed by atoms with Crippen LogP contribution in [0.1, 0.15) is 28.4 Å². The summed E-state index contributed by atoms with van der Waals surface area (Å²) < 4.78 is 5.12. The molecule has 0 fully saturated rings. The number of aryl methyl sites for hydroxylation is 1. The van der Waals surface area contributed by atoms with E-state index in [2.05, 4.69) is 4.98 Å². The van der Waals surface area contributed by atoms with Gasteiger partial charge in [0.2, 0.25) is 0 Å². The maximum absolute atomic E-state index is 10.4. The number of ether oxygens (including phenoxy) is 1. The first-order valence-electron chi connectivity index (χ1n) is 5.86. The number of hydrogen-bond acceptors (Lipinski definition) is 3. The molecule has 3 nitrogen and oxygen atoms in total. The van der Waals surface area contributed by atoms with E-state index in [0.717, 1.165) is 16.7 Å². The van der Waals surface area contributed by atoms with Crippen molar-refractivity contribution in [2.45, 2.75) is 20.0 Å². The van der Waals surface area contributed by atoms with Gasteiger partial charge in [0.05, 0.1) is 13.3 Å². The molecule has 1 aromatic carbocycles. The van der Waals surface area contributed by atoms with Crippen LogP contribution >= 0.6 is 0 Å². The summed E-state index contributed by atoms with van der Waals surface area (Å²) in [4.78, 5) is 4.07. The Kier molecular flexibility index (Phi) is 3.63. The van der Waals surface area contributed by atoms with Crippen LogP contribution in [0.15, 0.2) is 36.7 Å². The van der Waals surface area contributed by atoms with Crippen LogP contribution < -0.4 is 4.74 Å². The first kappa shape index (κ1) is 12.6. The van der Waals surface area contributed by atoms with E-state index < -0.39 is 6.10 Å². The van der Waals surface area contributed by atoms with Gasteiger partial charge in [-0.3, -0.25) is 4.98 Å². The molecule has 94 valence electrons. The molecule has 0 saturated carbocycles. The largest absolute Gasteiger partial charge is 0.495 e. The average molecular weight is 243 g/mol. The summed E-state index contributed by atoms with van der Waals surface area (Å²) in [7, 11) is 1.59. The fraction of sp³-hybridized carbons (Fsp3) is 0.267. The molecular weight excluding hydrogens is 226 g/mol. The lowest BCUT2D eigenvalue weighted by Crippen LogP contribution is -2.04. The fourth-order valence-electron chi connectivity index (χ4n) is 1.95. The van der Waals surface area contributed by atoms with E-state index in [1.807, 2.05) is 32.0 Å². The van der Waals surface area contributed by atoms with Gasteiger partial charge >= 0.3 is 0 Å². The molecule has 0 saturated heterocycles. The van der Waals surface area contributed by atoms with Crippen LogP contribution in [-0.2, 0) is 0 Å². The van der Waals surface area contributed by atoms with Crippen molar-refractivity contribution in [1.82, 2.24) is 4.98 Å². The molecule has 0 aliphatic heterocycles. The number of aliphatic hydroxyl groups excluding tert-OH is 1. The number of methoxy groups -OCH3 is 1. The zero-order valence-electron chi connectivity index (χ0n) is 10.8. The third kappa shape index (κ3) is 2.36. The molecule has 2 rings (SSSR count). The van der Waals surface area contributed by atoms with E-state index in [1.54, 1.807) is 25.6 Å². The molecule has 0 aliphatic rings. The third-order valence-electron chi connectivity index (χ3n) is 3.23. The minimum absolute atomic E-state index is 0.650. The van der Waals surface area contributed by atoms with Crippen molar-refractivity contribution in [2.24, 2.45) is 0 Å². The van der Waals surface area contributed by atoms with E-state index in [1.165, 1.54) is 5.56 Å². The quantitative estimate of drug-likeness (QED) is 0.901. The number of aromatic nitrogens is 1. The molecule has 1 heterocycles. The monoisotopic (exact) mass is 243 g/mol. The summed E-state index contributed by atoms with van der Waals surface area (Å²) >= 11 is 0. The number of nitrogens with zero attached hydrogens (tertiary/aromatic N) is 1. The van der Waals surface area contributed by atoms with Gasteiger partial charge in [0, 0.05) is 11.8 Å². The number of aliphatic hydroxyl groups is 1. The highest BCUT2D eigenvalue weighted by Gasteiger charge is 2.14. The fourth-order valence-corrected chi connectivity index (χ4v) is 1.95. The Morgan fingerprint density at radius 2 is 2.00 bits per heavy atom. The van der Waals surface area contributed by atoms with Crippen LogP contribution in [0.4, 0.5) is 0 Å². The van der Waals surface area contributed by atoms with Crippen molar-refractivity contribution in [3.05, 3.63) is 58.9 Å². The summed E-state index contributed by atoms with van der Waals surface area (Å²) in [5.74, 6) is 0.650. The second-order valence-corrected chi connectivity index (χ2v) is 4.35. The molecule has 1 atom stereocenters. The lowest BCUT2D eigenvalue weighted by molar-refractivity contribution is 0.218. The zero-order chi connectivity index (χ0) is 13.1. The molecule has 1 aromatic heterocycles. The summed E-state index contributed by atoms with van der Waals surface area (Å²) in [5.41, 5.74) is 3.92.